The molecule has 16 nitrogen and oxygen atoms in total. The Morgan fingerprint density at radius 2 is 1.09 bits per heavy atom. The Morgan fingerprint density at radius 3 is 1.53 bits per heavy atom. The number of nitrogens with one attached hydrogen (secondary N) is 4. The van der Waals surface area contributed by atoms with Crippen LogP contribution in [-0.2, 0) is 19.6 Å². The SMILES string of the molecule is CCCCN(C)C(=O)NCC1(C)CC(NC(=O)OC(COc2ccc(C(C)(C)c3ccc(OCC(CN4CC4C)OC(=O)NCC4(C)CC(NC(=O)OCC)CC(C)(C)C4)cc3)cc2)CN2CC2C)CC(C)(C)C1. The maximum atomic E-state index is 13.6. The molecular formula is C58H93N7O9. The van der Waals surface area contributed by atoms with Crippen LogP contribution in [0.25, 0.3) is 0 Å². The van der Waals surface area contributed by atoms with Gasteiger partial charge in [-0.2, -0.15) is 0 Å². The molecule has 2 saturated carbocycles. The van der Waals surface area contributed by atoms with Crippen molar-refractivity contribution in [2.45, 2.75) is 176 Å². The van der Waals surface area contributed by atoms with E-state index in [1.165, 1.54) is 0 Å². The third-order valence-corrected chi connectivity index (χ3v) is 15.8. The quantitative estimate of drug-likeness (QED) is 0.0583. The Labute approximate surface area is 443 Å². The van der Waals surface area contributed by atoms with Gasteiger partial charge in [0, 0.05) is 82.4 Å². The van der Waals surface area contributed by atoms with Gasteiger partial charge in [0.2, 0.25) is 0 Å². The number of hydrogen-bond donors (Lipinski definition) is 4. The van der Waals surface area contributed by atoms with Crippen molar-refractivity contribution in [1.82, 2.24) is 36.0 Å². The van der Waals surface area contributed by atoms with Crippen molar-refractivity contribution in [1.29, 1.82) is 0 Å². The van der Waals surface area contributed by atoms with Gasteiger partial charge in [-0.1, -0.05) is 93.0 Å². The van der Waals surface area contributed by atoms with Crippen LogP contribution in [0.3, 0.4) is 0 Å². The Kier molecular flexibility index (Phi) is 19.5. The van der Waals surface area contributed by atoms with Gasteiger partial charge in [0.1, 0.15) is 24.7 Å². The molecule has 0 bridgehead atoms. The van der Waals surface area contributed by atoms with E-state index in [-0.39, 0.29) is 58.4 Å². The van der Waals surface area contributed by atoms with Crippen LogP contribution in [0.15, 0.2) is 48.5 Å². The number of carbonyl (C=O) groups is 4. The van der Waals surface area contributed by atoms with E-state index in [4.69, 9.17) is 23.7 Å². The summed E-state index contributed by atoms with van der Waals surface area (Å²) in [6.07, 6.45) is 4.71. The summed E-state index contributed by atoms with van der Waals surface area (Å²) in [7, 11) is 1.84. The summed E-state index contributed by atoms with van der Waals surface area (Å²) in [6.45, 7) is 31.3. The summed E-state index contributed by atoms with van der Waals surface area (Å²) in [4.78, 5) is 58.3. The fraction of sp³-hybridized carbons (Fsp3) is 0.724. The average Bonchev–Trinajstić information content (AvgIpc) is 4.22. The number of rotatable bonds is 24. The smallest absolute Gasteiger partial charge is 0.407 e. The highest BCUT2D eigenvalue weighted by Crippen LogP contribution is 2.47. The van der Waals surface area contributed by atoms with Crippen molar-refractivity contribution in [3.05, 3.63) is 59.7 Å². The van der Waals surface area contributed by atoms with Gasteiger partial charge in [-0.05, 0) is 123 Å². The highest BCUT2D eigenvalue weighted by molar-refractivity contribution is 5.74. The van der Waals surface area contributed by atoms with Gasteiger partial charge in [-0.15, -0.1) is 0 Å². The predicted octanol–water partition coefficient (Wildman–Crippen LogP) is 9.73. The van der Waals surface area contributed by atoms with Crippen LogP contribution < -0.4 is 30.7 Å². The molecule has 6 rings (SSSR count). The minimum Gasteiger partial charge on any atom is -0.490 e. The summed E-state index contributed by atoms with van der Waals surface area (Å²) in [5.74, 6) is 1.38. The topological polar surface area (TPSA) is 172 Å². The van der Waals surface area contributed by atoms with Crippen LogP contribution in [0, 0.1) is 21.7 Å². The minimum atomic E-state index is -0.475. The van der Waals surface area contributed by atoms with Gasteiger partial charge in [-0.3, -0.25) is 9.80 Å². The van der Waals surface area contributed by atoms with E-state index < -0.39 is 30.5 Å². The molecule has 2 aromatic carbocycles. The zero-order chi connectivity index (χ0) is 54.1. The Balaban J connectivity index is 0.986. The van der Waals surface area contributed by atoms with E-state index in [1.54, 1.807) is 11.8 Å². The molecule has 0 spiro atoms. The fourth-order valence-electron chi connectivity index (χ4n) is 12.2. The average molecular weight is 1030 g/mol. The normalized spacial score (nSPS) is 27.5. The number of amides is 5. The van der Waals surface area contributed by atoms with Gasteiger partial charge < -0.3 is 49.9 Å². The van der Waals surface area contributed by atoms with E-state index in [9.17, 15) is 19.2 Å². The first-order valence-corrected chi connectivity index (χ1v) is 27.6. The van der Waals surface area contributed by atoms with Crippen molar-refractivity contribution in [2.75, 3.05) is 72.7 Å². The monoisotopic (exact) mass is 1030 g/mol. The first-order chi connectivity index (χ1) is 34.8. The predicted molar refractivity (Wildman–Crippen MR) is 290 cm³/mol. The van der Waals surface area contributed by atoms with Crippen molar-refractivity contribution in [3.8, 4) is 11.5 Å². The van der Waals surface area contributed by atoms with E-state index in [2.05, 4.69) is 131 Å². The lowest BCUT2D eigenvalue weighted by atomic mass is 9.62. The van der Waals surface area contributed by atoms with Gasteiger partial charge in [0.25, 0.3) is 0 Å². The molecule has 2 aliphatic heterocycles. The molecule has 74 heavy (non-hydrogen) atoms. The molecule has 2 aliphatic carbocycles. The maximum Gasteiger partial charge on any atom is 0.407 e. The molecule has 2 heterocycles. The minimum absolute atomic E-state index is 0.0249. The number of benzene rings is 2. The van der Waals surface area contributed by atoms with Crippen LogP contribution in [-0.4, -0.2) is 148 Å². The first-order valence-electron chi connectivity index (χ1n) is 27.6. The first kappa shape index (κ1) is 58.3. The Bertz CT molecular complexity index is 2170. The van der Waals surface area contributed by atoms with Gasteiger partial charge >= 0.3 is 24.3 Å². The van der Waals surface area contributed by atoms with Crippen LogP contribution in [0.5, 0.6) is 11.5 Å². The lowest BCUT2D eigenvalue weighted by molar-refractivity contribution is 0.0389. The van der Waals surface area contributed by atoms with Crippen molar-refractivity contribution >= 4 is 24.3 Å². The number of urea groups is 1. The number of nitrogens with zero attached hydrogens (tertiary/aromatic N) is 3. The lowest BCUT2D eigenvalue weighted by Crippen LogP contribution is -2.52. The third kappa shape index (κ3) is 17.8. The standard InChI is InChI=1S/C58H93N7O9/c1-14-16-25-63(13)50(66)59-38-57(11)29-45(27-55(7,8)36-57)62-53(69)74-49(33-65-31-41(65)4)35-72-47-23-19-43(20-24-47)56(9,10)42-17-21-46(22-18-42)71-34-48(32-64-30-40(64)3)73-51(67)60-39-58(12)28-44(26-54(5,6)37-58)61-52(68)70-15-2/h17-24,40-41,44-45,48-49H,14-16,25-39H2,1-13H3,(H,59,66)(H,60,67)(H,61,68)(H,62,69). The Morgan fingerprint density at radius 1 is 0.662 bits per heavy atom. The largest absolute Gasteiger partial charge is 0.490 e. The molecule has 4 N–H and O–H groups in total. The summed E-state index contributed by atoms with van der Waals surface area (Å²) >= 11 is 0. The summed E-state index contributed by atoms with van der Waals surface area (Å²) in [5.41, 5.74) is 1.40. The second kappa shape index (κ2) is 24.8. The van der Waals surface area contributed by atoms with Crippen molar-refractivity contribution in [3.63, 3.8) is 0 Å². The van der Waals surface area contributed by atoms with E-state index in [0.29, 0.717) is 56.4 Å². The molecule has 2 aromatic rings. The number of alkyl carbamates (subject to hydrolysis) is 3. The second-order valence-electron chi connectivity index (χ2n) is 25.3. The fourth-order valence-corrected chi connectivity index (χ4v) is 12.2. The van der Waals surface area contributed by atoms with E-state index >= 15 is 0 Å². The van der Waals surface area contributed by atoms with E-state index in [1.807, 2.05) is 31.3 Å². The highest BCUT2D eigenvalue weighted by Gasteiger charge is 2.44. The molecule has 2 saturated heterocycles. The van der Waals surface area contributed by atoms with Crippen LogP contribution in [0.1, 0.15) is 146 Å². The molecular weight excluding hydrogens is 939 g/mol. The van der Waals surface area contributed by atoms with Crippen LogP contribution >= 0.6 is 0 Å². The molecule has 0 radical (unpaired) electrons. The Hall–Kier alpha value is -4.96. The van der Waals surface area contributed by atoms with Gasteiger partial charge in [0.15, 0.2) is 12.2 Å². The summed E-state index contributed by atoms with van der Waals surface area (Å²) in [5, 5.41) is 12.4. The summed E-state index contributed by atoms with van der Waals surface area (Å²) in [6, 6.07) is 16.9. The zero-order valence-electron chi connectivity index (χ0n) is 47.3. The lowest BCUT2D eigenvalue weighted by Gasteiger charge is -2.47. The van der Waals surface area contributed by atoms with Crippen LogP contribution in [0.4, 0.5) is 19.2 Å². The zero-order valence-corrected chi connectivity index (χ0v) is 47.3. The van der Waals surface area contributed by atoms with Crippen LogP contribution in [0.2, 0.25) is 0 Å². The summed E-state index contributed by atoms with van der Waals surface area (Å²) < 4.78 is 29.8. The molecule has 10 unspecified atom stereocenters. The molecule has 5 amide bonds. The van der Waals surface area contributed by atoms with Gasteiger partial charge in [0.05, 0.1) is 6.61 Å². The molecule has 4 fully saturated rings. The molecule has 10 atom stereocenters. The second-order valence-corrected chi connectivity index (χ2v) is 25.3. The van der Waals surface area contributed by atoms with Crippen molar-refractivity contribution in [2.24, 2.45) is 21.7 Å². The molecule has 0 aromatic heterocycles. The van der Waals surface area contributed by atoms with Gasteiger partial charge in [-0.25, -0.2) is 19.2 Å². The number of ether oxygens (including phenoxy) is 5. The molecule has 414 valence electrons. The van der Waals surface area contributed by atoms with E-state index in [0.717, 1.165) is 82.1 Å². The number of hydrogen-bond acceptors (Lipinski definition) is 11. The highest BCUT2D eigenvalue weighted by atomic mass is 16.6. The number of carbonyl (C=O) groups excluding carboxylic acids is 4. The molecule has 16 heteroatoms. The maximum absolute atomic E-state index is 13.6. The number of unbranched alkanes of at least 4 members (excludes halogenated alkanes) is 1. The third-order valence-electron chi connectivity index (χ3n) is 15.8. The molecule has 4 aliphatic rings. The van der Waals surface area contributed by atoms with Crippen molar-refractivity contribution < 1.29 is 42.9 Å².